The van der Waals surface area contributed by atoms with Gasteiger partial charge in [0.05, 0.1) is 12.6 Å². The van der Waals surface area contributed by atoms with Crippen molar-refractivity contribution in [2.75, 3.05) is 0 Å². The second-order valence-electron chi connectivity index (χ2n) is 2.61. The van der Waals surface area contributed by atoms with E-state index < -0.39 is 0 Å². The Labute approximate surface area is 71.9 Å². The van der Waals surface area contributed by atoms with Gasteiger partial charge in [-0.15, -0.1) is 0 Å². The van der Waals surface area contributed by atoms with Crippen LogP contribution in [0.2, 0.25) is 0 Å². The summed E-state index contributed by atoms with van der Waals surface area (Å²) < 4.78 is 0. The largest absolute Gasteiger partial charge is 0.242 e. The van der Waals surface area contributed by atoms with Crippen molar-refractivity contribution in [1.29, 1.82) is 5.26 Å². The van der Waals surface area contributed by atoms with Crippen LogP contribution in [0.25, 0.3) is 4.85 Å². The smallest absolute Gasteiger partial charge is 0.169 e. The minimum atomic E-state index is 0.570. The summed E-state index contributed by atoms with van der Waals surface area (Å²) in [5.74, 6) is 0. The summed E-state index contributed by atoms with van der Waals surface area (Å²) in [5, 5.41) is 8.63. The average Bonchev–Trinajstić information content (AvgIpc) is 2.26. The topological polar surface area (TPSA) is 28.1 Å². The molecule has 0 N–H and O–H groups in total. The molecule has 0 aromatic rings. The fourth-order valence-corrected chi connectivity index (χ4v) is 1.04. The molecule has 0 saturated carbocycles. The molecule has 0 saturated heterocycles. The van der Waals surface area contributed by atoms with Crippen LogP contribution in [0.3, 0.4) is 0 Å². The van der Waals surface area contributed by atoms with Crippen LogP contribution >= 0.6 is 0 Å². The van der Waals surface area contributed by atoms with Crippen molar-refractivity contribution in [2.45, 2.75) is 13.3 Å². The molecule has 0 heterocycles. The van der Waals surface area contributed by atoms with Crippen molar-refractivity contribution in [3.63, 3.8) is 0 Å². The maximum absolute atomic E-state index is 8.63. The van der Waals surface area contributed by atoms with E-state index in [1.807, 2.05) is 13.0 Å². The van der Waals surface area contributed by atoms with Crippen LogP contribution in [0.5, 0.6) is 0 Å². The Hall–Kier alpha value is -1.80. The highest BCUT2D eigenvalue weighted by molar-refractivity contribution is 5.43. The van der Waals surface area contributed by atoms with Crippen molar-refractivity contribution in [3.05, 3.63) is 46.5 Å². The maximum atomic E-state index is 8.63. The number of nitriles is 1. The van der Waals surface area contributed by atoms with Gasteiger partial charge in [-0.05, 0) is 13.0 Å². The highest BCUT2D eigenvalue weighted by Gasteiger charge is 2.01. The fraction of sp³-hybridized carbons (Fsp3) is 0.200. The van der Waals surface area contributed by atoms with Crippen LogP contribution in [-0.2, 0) is 0 Å². The van der Waals surface area contributed by atoms with Crippen molar-refractivity contribution >= 4 is 0 Å². The average molecular weight is 156 g/mol. The molecule has 1 rings (SSSR count). The molecule has 0 amide bonds. The summed E-state index contributed by atoms with van der Waals surface area (Å²) in [6.07, 6.45) is 5.95. The predicted molar refractivity (Wildman–Crippen MR) is 46.8 cm³/mol. The zero-order valence-electron chi connectivity index (χ0n) is 6.83. The molecule has 2 heteroatoms. The van der Waals surface area contributed by atoms with Crippen LogP contribution in [0.15, 0.2) is 35.1 Å². The molecule has 12 heavy (non-hydrogen) atoms. The van der Waals surface area contributed by atoms with Gasteiger partial charge < -0.3 is 0 Å². The van der Waals surface area contributed by atoms with Crippen LogP contribution in [0.4, 0.5) is 0 Å². The van der Waals surface area contributed by atoms with E-state index in [4.69, 9.17) is 11.8 Å². The van der Waals surface area contributed by atoms with Gasteiger partial charge in [-0.2, -0.15) is 5.26 Å². The van der Waals surface area contributed by atoms with Gasteiger partial charge in [-0.25, -0.2) is 4.85 Å². The standard InChI is InChI=1S/C10H8N2/c1-8-5-9(7-11)3-4-10(6-8)12-2/h3,5-6H,4H2,1H3. The lowest BCUT2D eigenvalue weighted by Gasteiger charge is -1.88. The molecule has 58 valence electrons. The fourth-order valence-electron chi connectivity index (χ4n) is 1.04. The minimum Gasteiger partial charge on any atom is -0.242 e. The van der Waals surface area contributed by atoms with Gasteiger partial charge >= 0.3 is 0 Å². The molecule has 0 aliphatic heterocycles. The molecule has 0 fully saturated rings. The molecule has 1 aliphatic carbocycles. The van der Waals surface area contributed by atoms with Gasteiger partial charge in [0.25, 0.3) is 0 Å². The Kier molecular flexibility index (Phi) is 2.46. The summed E-state index contributed by atoms with van der Waals surface area (Å²) in [5.41, 5.74) is 2.29. The van der Waals surface area contributed by atoms with Crippen LogP contribution in [-0.4, -0.2) is 0 Å². The Morgan fingerprint density at radius 2 is 2.33 bits per heavy atom. The third kappa shape index (κ3) is 1.84. The lowest BCUT2D eigenvalue weighted by atomic mass is 10.2. The van der Waals surface area contributed by atoms with Gasteiger partial charge in [0.2, 0.25) is 0 Å². The Bertz CT molecular complexity index is 356. The second-order valence-corrected chi connectivity index (χ2v) is 2.61. The van der Waals surface area contributed by atoms with Gasteiger partial charge in [0.1, 0.15) is 0 Å². The van der Waals surface area contributed by atoms with E-state index in [1.54, 1.807) is 12.2 Å². The molecule has 0 spiro atoms. The van der Waals surface area contributed by atoms with Crippen LogP contribution in [0, 0.1) is 17.9 Å². The SMILES string of the molecule is [C-]#[N+]C1=CC(C)=CC(C#N)=CC1. The highest BCUT2D eigenvalue weighted by Crippen LogP contribution is 2.16. The van der Waals surface area contributed by atoms with Crippen LogP contribution in [0.1, 0.15) is 13.3 Å². The number of rotatable bonds is 0. The van der Waals surface area contributed by atoms with E-state index in [1.165, 1.54) is 0 Å². The molecule has 1 aliphatic rings. The second kappa shape index (κ2) is 3.55. The molecule has 2 nitrogen and oxygen atoms in total. The number of hydrogen-bond acceptors (Lipinski definition) is 1. The quantitative estimate of drug-likeness (QED) is 0.495. The van der Waals surface area contributed by atoms with E-state index in [9.17, 15) is 0 Å². The molecule has 0 atom stereocenters. The van der Waals surface area contributed by atoms with Crippen molar-refractivity contribution < 1.29 is 0 Å². The summed E-state index contributed by atoms with van der Waals surface area (Å²) >= 11 is 0. The predicted octanol–water partition coefficient (Wildman–Crippen LogP) is 2.59. The van der Waals surface area contributed by atoms with E-state index in [0.717, 1.165) is 5.57 Å². The molecular formula is C10H8N2. The summed E-state index contributed by atoms with van der Waals surface area (Å²) in [4.78, 5) is 3.34. The summed E-state index contributed by atoms with van der Waals surface area (Å²) in [6.45, 7) is 8.72. The van der Waals surface area contributed by atoms with Crippen molar-refractivity contribution in [2.24, 2.45) is 0 Å². The zero-order valence-corrected chi connectivity index (χ0v) is 6.83. The molecule has 0 radical (unpaired) electrons. The zero-order chi connectivity index (χ0) is 8.97. The number of hydrogen-bond donors (Lipinski definition) is 0. The minimum absolute atomic E-state index is 0.570. The maximum Gasteiger partial charge on any atom is 0.169 e. The van der Waals surface area contributed by atoms with Crippen LogP contribution < -0.4 is 0 Å². The summed E-state index contributed by atoms with van der Waals surface area (Å²) in [6, 6.07) is 2.07. The first-order chi connectivity index (χ1) is 5.76. The molecule has 0 aromatic carbocycles. The summed E-state index contributed by atoms with van der Waals surface area (Å²) in [7, 11) is 0. The molecular weight excluding hydrogens is 148 g/mol. The molecule has 0 aromatic heterocycles. The lowest BCUT2D eigenvalue weighted by Crippen LogP contribution is -1.71. The van der Waals surface area contributed by atoms with Gasteiger partial charge in [-0.1, -0.05) is 17.7 Å². The van der Waals surface area contributed by atoms with Gasteiger partial charge in [-0.3, -0.25) is 0 Å². The number of nitrogens with zero attached hydrogens (tertiary/aromatic N) is 2. The van der Waals surface area contributed by atoms with E-state index in [2.05, 4.69) is 10.9 Å². The van der Waals surface area contributed by atoms with Crippen molar-refractivity contribution in [1.82, 2.24) is 0 Å². The molecule has 0 unspecified atom stereocenters. The molecule has 0 bridgehead atoms. The third-order valence-electron chi connectivity index (χ3n) is 1.58. The Morgan fingerprint density at radius 1 is 1.58 bits per heavy atom. The number of allylic oxidation sites excluding steroid dienone is 5. The van der Waals surface area contributed by atoms with E-state index >= 15 is 0 Å². The van der Waals surface area contributed by atoms with Gasteiger partial charge in [0, 0.05) is 12.0 Å². The normalized spacial score (nSPS) is 16.1. The monoisotopic (exact) mass is 156 g/mol. The first-order valence-corrected chi connectivity index (χ1v) is 3.63. The Balaban J connectivity index is 3.02. The highest BCUT2D eigenvalue weighted by atomic mass is 14.6. The first kappa shape index (κ1) is 8.30. The lowest BCUT2D eigenvalue weighted by molar-refractivity contribution is 1.27. The van der Waals surface area contributed by atoms with E-state index in [0.29, 0.717) is 17.7 Å². The van der Waals surface area contributed by atoms with E-state index in [-0.39, 0.29) is 0 Å². The third-order valence-corrected chi connectivity index (χ3v) is 1.58. The van der Waals surface area contributed by atoms with Crippen molar-refractivity contribution in [3.8, 4) is 6.07 Å². The first-order valence-electron chi connectivity index (χ1n) is 3.63. The van der Waals surface area contributed by atoms with Gasteiger partial charge in [0.15, 0.2) is 5.70 Å². The Morgan fingerprint density at radius 3 is 2.92 bits per heavy atom.